The van der Waals surface area contributed by atoms with Crippen molar-refractivity contribution in [3.05, 3.63) is 48.0 Å². The fraction of sp³-hybridized carbons (Fsp3) is 0.167. The molecule has 0 saturated heterocycles. The van der Waals surface area contributed by atoms with Crippen molar-refractivity contribution in [3.8, 4) is 5.75 Å². The number of ether oxygens (including phenoxy) is 1. The first-order valence-corrected chi connectivity index (χ1v) is 8.55. The summed E-state index contributed by atoms with van der Waals surface area (Å²) < 4.78 is 6.70. The van der Waals surface area contributed by atoms with Crippen molar-refractivity contribution in [1.82, 2.24) is 4.98 Å². The van der Waals surface area contributed by atoms with Crippen LogP contribution in [-0.4, -0.2) is 22.4 Å². The topological polar surface area (TPSA) is 80.3 Å². The largest absolute Gasteiger partial charge is 0.466 e. The van der Waals surface area contributed by atoms with Crippen molar-refractivity contribution in [3.63, 3.8) is 0 Å². The first kappa shape index (κ1) is 15.6. The standard InChI is InChI=1S/C18H15N3O3S/c1-10-7-8-13-12(9-10)19-15(22)18(2,24-13)16(23)21-17-20-11-5-3-4-6-14(11)25-17/h3-9H,1-2H3,(H,19,22)(H,20,21,23). The third-order valence-corrected chi connectivity index (χ3v) is 5.03. The maximum Gasteiger partial charge on any atom is 0.280 e. The van der Waals surface area contributed by atoms with Gasteiger partial charge in [0.1, 0.15) is 5.75 Å². The van der Waals surface area contributed by atoms with Crippen LogP contribution in [0.25, 0.3) is 10.2 Å². The highest BCUT2D eigenvalue weighted by atomic mass is 32.1. The van der Waals surface area contributed by atoms with Crippen LogP contribution in [0.1, 0.15) is 12.5 Å². The first-order valence-electron chi connectivity index (χ1n) is 7.74. The number of aromatic nitrogens is 1. The molecule has 7 heteroatoms. The average molecular weight is 353 g/mol. The molecule has 1 aliphatic rings. The Morgan fingerprint density at radius 1 is 1.28 bits per heavy atom. The van der Waals surface area contributed by atoms with E-state index >= 15 is 0 Å². The molecule has 2 N–H and O–H groups in total. The Morgan fingerprint density at radius 3 is 2.88 bits per heavy atom. The van der Waals surface area contributed by atoms with Crippen LogP contribution < -0.4 is 15.4 Å². The Kier molecular flexibility index (Phi) is 3.47. The van der Waals surface area contributed by atoms with Gasteiger partial charge in [0, 0.05) is 0 Å². The van der Waals surface area contributed by atoms with Gasteiger partial charge in [-0.1, -0.05) is 29.5 Å². The van der Waals surface area contributed by atoms with E-state index in [1.807, 2.05) is 37.3 Å². The van der Waals surface area contributed by atoms with Crippen molar-refractivity contribution in [2.45, 2.75) is 19.4 Å². The van der Waals surface area contributed by atoms with E-state index in [2.05, 4.69) is 15.6 Å². The predicted molar refractivity (Wildman–Crippen MR) is 97.1 cm³/mol. The number of rotatable bonds is 2. The number of hydrogen-bond donors (Lipinski definition) is 2. The van der Waals surface area contributed by atoms with E-state index in [0.717, 1.165) is 15.8 Å². The van der Waals surface area contributed by atoms with E-state index in [9.17, 15) is 9.59 Å². The Morgan fingerprint density at radius 2 is 2.08 bits per heavy atom. The molecule has 0 aliphatic carbocycles. The summed E-state index contributed by atoms with van der Waals surface area (Å²) in [5, 5.41) is 5.87. The molecule has 1 atom stereocenters. The molecule has 0 saturated carbocycles. The maximum atomic E-state index is 12.7. The Hall–Kier alpha value is -2.93. The highest BCUT2D eigenvalue weighted by molar-refractivity contribution is 7.22. The third-order valence-electron chi connectivity index (χ3n) is 4.08. The summed E-state index contributed by atoms with van der Waals surface area (Å²) in [6.07, 6.45) is 0. The van der Waals surface area contributed by atoms with E-state index in [1.54, 1.807) is 12.1 Å². The lowest BCUT2D eigenvalue weighted by Crippen LogP contribution is -2.56. The number of thiazole rings is 1. The second-order valence-electron chi connectivity index (χ2n) is 6.03. The zero-order valence-corrected chi connectivity index (χ0v) is 14.4. The van der Waals surface area contributed by atoms with E-state index in [4.69, 9.17) is 4.74 Å². The number of nitrogens with zero attached hydrogens (tertiary/aromatic N) is 1. The number of aryl methyl sites for hydroxylation is 1. The molecule has 126 valence electrons. The minimum absolute atomic E-state index is 0.429. The molecule has 6 nitrogen and oxygen atoms in total. The van der Waals surface area contributed by atoms with Crippen LogP contribution in [0.3, 0.4) is 0 Å². The highest BCUT2D eigenvalue weighted by Crippen LogP contribution is 2.35. The van der Waals surface area contributed by atoms with Gasteiger partial charge in [0.15, 0.2) is 5.13 Å². The molecule has 2 amide bonds. The molecule has 0 fully saturated rings. The lowest BCUT2D eigenvalue weighted by atomic mass is 10.0. The maximum absolute atomic E-state index is 12.7. The molecule has 0 spiro atoms. The molecule has 1 unspecified atom stereocenters. The van der Waals surface area contributed by atoms with Crippen molar-refractivity contribution < 1.29 is 14.3 Å². The highest BCUT2D eigenvalue weighted by Gasteiger charge is 2.47. The van der Waals surface area contributed by atoms with Crippen LogP contribution in [0.2, 0.25) is 0 Å². The van der Waals surface area contributed by atoms with Crippen LogP contribution in [0.5, 0.6) is 5.75 Å². The van der Waals surface area contributed by atoms with Gasteiger partial charge in [0.25, 0.3) is 17.4 Å². The lowest BCUT2D eigenvalue weighted by molar-refractivity contribution is -0.143. The van der Waals surface area contributed by atoms with Crippen LogP contribution in [0.4, 0.5) is 10.8 Å². The van der Waals surface area contributed by atoms with Crippen LogP contribution >= 0.6 is 11.3 Å². The molecule has 2 aromatic carbocycles. The summed E-state index contributed by atoms with van der Waals surface area (Å²) in [5.41, 5.74) is 0.684. The molecule has 25 heavy (non-hydrogen) atoms. The summed E-state index contributed by atoms with van der Waals surface area (Å²) in [6, 6.07) is 13.0. The minimum Gasteiger partial charge on any atom is -0.466 e. The van der Waals surface area contributed by atoms with Gasteiger partial charge in [-0.05, 0) is 43.7 Å². The molecule has 3 aromatic rings. The van der Waals surface area contributed by atoms with Gasteiger partial charge >= 0.3 is 0 Å². The molecule has 2 heterocycles. The fourth-order valence-electron chi connectivity index (χ4n) is 2.63. The summed E-state index contributed by atoms with van der Waals surface area (Å²) >= 11 is 1.35. The number of benzene rings is 2. The molecule has 4 rings (SSSR count). The van der Waals surface area contributed by atoms with Crippen molar-refractivity contribution in [1.29, 1.82) is 0 Å². The molecule has 1 aromatic heterocycles. The van der Waals surface area contributed by atoms with E-state index < -0.39 is 17.4 Å². The second kappa shape index (κ2) is 5.56. The van der Waals surface area contributed by atoms with E-state index in [0.29, 0.717) is 16.6 Å². The summed E-state index contributed by atoms with van der Waals surface area (Å²) in [7, 11) is 0. The number of carbonyl (C=O) groups is 2. The number of amides is 2. The number of nitrogens with one attached hydrogen (secondary N) is 2. The van der Waals surface area contributed by atoms with Crippen molar-refractivity contribution in [2.75, 3.05) is 10.6 Å². The van der Waals surface area contributed by atoms with Gasteiger partial charge in [-0.15, -0.1) is 0 Å². The van der Waals surface area contributed by atoms with Crippen molar-refractivity contribution >= 4 is 44.2 Å². The third kappa shape index (κ3) is 2.62. The molecule has 0 bridgehead atoms. The van der Waals surface area contributed by atoms with Gasteiger partial charge < -0.3 is 10.1 Å². The number of carbonyl (C=O) groups excluding carboxylic acids is 2. The van der Waals surface area contributed by atoms with Gasteiger partial charge in [-0.25, -0.2) is 4.98 Å². The Balaban J connectivity index is 1.62. The zero-order valence-electron chi connectivity index (χ0n) is 13.6. The summed E-state index contributed by atoms with van der Waals surface area (Å²) in [4.78, 5) is 29.6. The number of para-hydroxylation sites is 1. The first-order chi connectivity index (χ1) is 12.0. The SMILES string of the molecule is Cc1ccc2c(c1)NC(=O)C(C)(C(=O)Nc1nc3ccccc3s1)O2. The van der Waals surface area contributed by atoms with Gasteiger partial charge in [-0.2, -0.15) is 0 Å². The quantitative estimate of drug-likeness (QED) is 0.693. The number of anilines is 2. The lowest BCUT2D eigenvalue weighted by Gasteiger charge is -2.33. The monoisotopic (exact) mass is 353 g/mol. The fourth-order valence-corrected chi connectivity index (χ4v) is 3.49. The molecular formula is C18H15N3O3S. The Labute approximate surface area is 147 Å². The van der Waals surface area contributed by atoms with Crippen LogP contribution in [0.15, 0.2) is 42.5 Å². The molecule has 0 radical (unpaired) electrons. The normalized spacial score (nSPS) is 19.0. The van der Waals surface area contributed by atoms with Gasteiger partial charge in [0.05, 0.1) is 15.9 Å². The minimum atomic E-state index is -1.67. The predicted octanol–water partition coefficient (Wildman–Crippen LogP) is 3.33. The van der Waals surface area contributed by atoms with E-state index in [-0.39, 0.29) is 0 Å². The summed E-state index contributed by atoms with van der Waals surface area (Å²) in [6.45, 7) is 3.37. The molecular weight excluding hydrogens is 338 g/mol. The average Bonchev–Trinajstić information content (AvgIpc) is 2.98. The number of hydrogen-bond acceptors (Lipinski definition) is 5. The Bertz CT molecular complexity index is 981. The smallest absolute Gasteiger partial charge is 0.280 e. The van der Waals surface area contributed by atoms with Gasteiger partial charge in [-0.3, -0.25) is 14.9 Å². The van der Waals surface area contributed by atoms with Crippen LogP contribution in [0, 0.1) is 6.92 Å². The second-order valence-corrected chi connectivity index (χ2v) is 7.06. The van der Waals surface area contributed by atoms with Gasteiger partial charge in [0.2, 0.25) is 0 Å². The molecule has 1 aliphatic heterocycles. The summed E-state index contributed by atoms with van der Waals surface area (Å²) in [5.74, 6) is -0.605. The van der Waals surface area contributed by atoms with E-state index in [1.165, 1.54) is 18.3 Å². The zero-order chi connectivity index (χ0) is 17.6. The number of fused-ring (bicyclic) bond motifs is 2. The van der Waals surface area contributed by atoms with Crippen molar-refractivity contribution in [2.24, 2.45) is 0 Å². The van der Waals surface area contributed by atoms with Crippen LogP contribution in [-0.2, 0) is 9.59 Å².